The van der Waals surface area contributed by atoms with Crippen LogP contribution in [0.15, 0.2) is 18.2 Å². The smallest absolute Gasteiger partial charge is 0.275 e. The Bertz CT molecular complexity index is 573. The summed E-state index contributed by atoms with van der Waals surface area (Å²) in [6.45, 7) is 2.51. The van der Waals surface area contributed by atoms with E-state index in [-0.39, 0.29) is 11.4 Å². The molecule has 0 aromatic heterocycles. The van der Waals surface area contributed by atoms with Crippen molar-refractivity contribution in [3.63, 3.8) is 0 Å². The molecule has 0 unspecified atom stereocenters. The number of nitrogens with zero attached hydrogens (tertiary/aromatic N) is 1. The molecular formula is C11H17N3O5S. The van der Waals surface area contributed by atoms with Crippen LogP contribution in [-0.4, -0.2) is 32.2 Å². The maximum atomic E-state index is 10.8. The van der Waals surface area contributed by atoms with Crippen LogP contribution in [0.2, 0.25) is 0 Å². The van der Waals surface area contributed by atoms with Crippen molar-refractivity contribution in [2.75, 3.05) is 24.2 Å². The summed E-state index contributed by atoms with van der Waals surface area (Å²) < 4.78 is 26.8. The summed E-state index contributed by atoms with van der Waals surface area (Å²) in [5, 5.41) is 18.6. The Morgan fingerprint density at radius 2 is 2.10 bits per heavy atom. The molecule has 0 amide bonds. The van der Waals surface area contributed by atoms with Gasteiger partial charge in [-0.15, -0.1) is 0 Å². The van der Waals surface area contributed by atoms with Crippen LogP contribution in [0.25, 0.3) is 0 Å². The van der Waals surface area contributed by atoms with Crippen molar-refractivity contribution in [2.24, 2.45) is 5.14 Å². The van der Waals surface area contributed by atoms with Crippen molar-refractivity contribution in [1.82, 2.24) is 0 Å². The zero-order valence-electron chi connectivity index (χ0n) is 11.0. The highest BCUT2D eigenvalue weighted by Gasteiger charge is 2.10. The Balaban J connectivity index is 2.71. The number of sulfonamides is 1. The molecular weight excluding hydrogens is 286 g/mol. The lowest BCUT2D eigenvalue weighted by Crippen LogP contribution is -2.18. The number of nitrogens with two attached hydrogens (primary N) is 1. The third-order valence-corrected chi connectivity index (χ3v) is 3.21. The molecule has 0 saturated carbocycles. The van der Waals surface area contributed by atoms with Crippen molar-refractivity contribution in [1.29, 1.82) is 0 Å². The third-order valence-electron chi connectivity index (χ3n) is 2.35. The molecule has 0 aliphatic carbocycles. The van der Waals surface area contributed by atoms with Crippen LogP contribution in [0.3, 0.4) is 0 Å². The van der Waals surface area contributed by atoms with Gasteiger partial charge in [-0.3, -0.25) is 10.1 Å². The Kier molecular flexibility index (Phi) is 5.71. The number of hydrogen-bond acceptors (Lipinski definition) is 6. The predicted molar refractivity (Wildman–Crippen MR) is 75.3 cm³/mol. The number of ether oxygens (including phenoxy) is 1. The average Bonchev–Trinajstić information content (AvgIpc) is 2.33. The lowest BCUT2D eigenvalue weighted by atomic mass is 10.2. The molecule has 112 valence electrons. The second kappa shape index (κ2) is 7.06. The van der Waals surface area contributed by atoms with Crippen LogP contribution in [0.5, 0.6) is 5.75 Å². The lowest BCUT2D eigenvalue weighted by molar-refractivity contribution is -0.384. The van der Waals surface area contributed by atoms with Crippen molar-refractivity contribution < 1.29 is 18.1 Å². The molecule has 1 aromatic rings. The van der Waals surface area contributed by atoms with E-state index < -0.39 is 14.9 Å². The van der Waals surface area contributed by atoms with Gasteiger partial charge in [-0.05, 0) is 13.3 Å². The molecule has 9 heteroatoms. The number of non-ortho nitro benzene ring substituents is 1. The van der Waals surface area contributed by atoms with Crippen LogP contribution < -0.4 is 15.2 Å². The van der Waals surface area contributed by atoms with Crippen molar-refractivity contribution >= 4 is 21.4 Å². The van der Waals surface area contributed by atoms with Crippen LogP contribution in [-0.2, 0) is 10.0 Å². The first-order valence-electron chi connectivity index (χ1n) is 5.98. The van der Waals surface area contributed by atoms with E-state index >= 15 is 0 Å². The van der Waals surface area contributed by atoms with Gasteiger partial charge >= 0.3 is 0 Å². The molecule has 0 saturated heterocycles. The Labute approximate surface area is 117 Å². The molecule has 0 aliphatic heterocycles. The first-order chi connectivity index (χ1) is 9.31. The van der Waals surface area contributed by atoms with Gasteiger partial charge in [0, 0.05) is 24.4 Å². The number of hydrogen-bond donors (Lipinski definition) is 2. The summed E-state index contributed by atoms with van der Waals surface area (Å²) >= 11 is 0. The fourth-order valence-corrected chi connectivity index (χ4v) is 2.09. The van der Waals surface area contributed by atoms with Gasteiger partial charge in [0.05, 0.1) is 23.3 Å². The SMILES string of the molecule is CCOc1cc(NCCCS(N)(=O)=O)cc([N+](=O)[O-])c1. The van der Waals surface area contributed by atoms with E-state index in [1.807, 2.05) is 0 Å². The minimum atomic E-state index is -3.49. The third kappa shape index (κ3) is 5.85. The summed E-state index contributed by atoms with van der Waals surface area (Å²) in [7, 11) is -3.49. The summed E-state index contributed by atoms with van der Waals surface area (Å²) in [5.74, 6) is 0.239. The Hall–Kier alpha value is -1.87. The number of rotatable bonds is 8. The Morgan fingerprint density at radius 1 is 1.40 bits per heavy atom. The van der Waals surface area contributed by atoms with Gasteiger partial charge in [-0.1, -0.05) is 0 Å². The average molecular weight is 303 g/mol. The number of nitrogens with one attached hydrogen (secondary N) is 1. The maximum absolute atomic E-state index is 10.8. The predicted octanol–water partition coefficient (Wildman–Crippen LogP) is 1.08. The lowest BCUT2D eigenvalue weighted by Gasteiger charge is -2.09. The summed E-state index contributed by atoms with van der Waals surface area (Å²) in [6, 6.07) is 4.31. The van der Waals surface area contributed by atoms with Gasteiger partial charge in [0.1, 0.15) is 5.75 Å². The molecule has 0 fully saturated rings. The van der Waals surface area contributed by atoms with E-state index in [2.05, 4.69) is 5.32 Å². The summed E-state index contributed by atoms with van der Waals surface area (Å²) in [6.07, 6.45) is 0.311. The fourth-order valence-electron chi connectivity index (χ4n) is 1.55. The molecule has 0 spiro atoms. The first kappa shape index (κ1) is 16.2. The van der Waals surface area contributed by atoms with Crippen LogP contribution in [0.1, 0.15) is 13.3 Å². The molecule has 3 N–H and O–H groups in total. The van der Waals surface area contributed by atoms with Gasteiger partial charge in [0.25, 0.3) is 5.69 Å². The van der Waals surface area contributed by atoms with Gasteiger partial charge in [0.15, 0.2) is 0 Å². The molecule has 20 heavy (non-hydrogen) atoms. The number of primary sulfonamides is 1. The number of nitro groups is 1. The van der Waals surface area contributed by atoms with Gasteiger partial charge in [0.2, 0.25) is 10.0 Å². The normalized spacial score (nSPS) is 11.1. The van der Waals surface area contributed by atoms with E-state index in [0.29, 0.717) is 31.0 Å². The van der Waals surface area contributed by atoms with Crippen LogP contribution in [0, 0.1) is 10.1 Å². The maximum Gasteiger partial charge on any atom is 0.275 e. The van der Waals surface area contributed by atoms with E-state index in [0.717, 1.165) is 0 Å². The quantitative estimate of drug-likeness (QED) is 0.420. The number of anilines is 1. The van der Waals surface area contributed by atoms with Crippen molar-refractivity contribution in [3.8, 4) is 5.75 Å². The monoisotopic (exact) mass is 303 g/mol. The summed E-state index contributed by atoms with van der Waals surface area (Å²) in [5.41, 5.74) is 0.405. The second-order valence-corrected chi connectivity index (χ2v) is 5.79. The van der Waals surface area contributed by atoms with Crippen molar-refractivity contribution in [3.05, 3.63) is 28.3 Å². The first-order valence-corrected chi connectivity index (χ1v) is 7.70. The van der Waals surface area contributed by atoms with E-state index in [1.54, 1.807) is 13.0 Å². The van der Waals surface area contributed by atoms with Crippen LogP contribution in [0.4, 0.5) is 11.4 Å². The highest BCUT2D eigenvalue weighted by atomic mass is 32.2. The molecule has 0 aliphatic rings. The Morgan fingerprint density at radius 3 is 2.65 bits per heavy atom. The van der Waals surface area contributed by atoms with E-state index in [1.165, 1.54) is 12.1 Å². The van der Waals surface area contributed by atoms with Gasteiger partial charge in [-0.25, -0.2) is 13.6 Å². The molecule has 0 heterocycles. The molecule has 0 bridgehead atoms. The zero-order chi connectivity index (χ0) is 15.2. The zero-order valence-corrected chi connectivity index (χ0v) is 11.9. The number of benzene rings is 1. The largest absolute Gasteiger partial charge is 0.494 e. The van der Waals surface area contributed by atoms with E-state index in [9.17, 15) is 18.5 Å². The molecule has 8 nitrogen and oxygen atoms in total. The fraction of sp³-hybridized carbons (Fsp3) is 0.455. The van der Waals surface area contributed by atoms with E-state index in [4.69, 9.17) is 9.88 Å². The minimum Gasteiger partial charge on any atom is -0.494 e. The van der Waals surface area contributed by atoms with Crippen molar-refractivity contribution in [2.45, 2.75) is 13.3 Å². The highest BCUT2D eigenvalue weighted by Crippen LogP contribution is 2.26. The van der Waals surface area contributed by atoms with Gasteiger partial charge < -0.3 is 10.1 Å². The molecule has 0 atom stereocenters. The second-order valence-electron chi connectivity index (χ2n) is 4.05. The number of nitro benzene ring substituents is 1. The molecule has 1 aromatic carbocycles. The topological polar surface area (TPSA) is 125 Å². The standard InChI is InChI=1S/C11H17N3O5S/c1-2-19-11-7-9(6-10(8-11)14(15)16)13-4-3-5-20(12,17)18/h6-8,13H,2-5H2,1H3,(H2,12,17,18). The highest BCUT2D eigenvalue weighted by molar-refractivity contribution is 7.89. The van der Waals surface area contributed by atoms with Gasteiger partial charge in [-0.2, -0.15) is 0 Å². The van der Waals surface area contributed by atoms with Crippen LogP contribution >= 0.6 is 0 Å². The summed E-state index contributed by atoms with van der Waals surface area (Å²) in [4.78, 5) is 10.3. The molecule has 1 rings (SSSR count). The minimum absolute atomic E-state index is 0.0927. The molecule has 0 radical (unpaired) electrons.